The highest BCUT2D eigenvalue weighted by Crippen LogP contribution is 2.50. The van der Waals surface area contributed by atoms with Crippen LogP contribution in [0.3, 0.4) is 0 Å². The third-order valence-corrected chi connectivity index (χ3v) is 14.5. The fourth-order valence-corrected chi connectivity index (χ4v) is 10.9. The number of ether oxygens (including phenoxy) is 1. The van der Waals surface area contributed by atoms with Gasteiger partial charge in [0, 0.05) is 49.2 Å². The maximum absolute atomic E-state index is 15.0. The van der Waals surface area contributed by atoms with Crippen LogP contribution < -0.4 is 15.5 Å². The second-order valence-corrected chi connectivity index (χ2v) is 17.5. The maximum atomic E-state index is 15.0. The Morgan fingerprint density at radius 3 is 2.30 bits per heavy atom. The van der Waals surface area contributed by atoms with E-state index in [-0.39, 0.29) is 34.9 Å². The van der Waals surface area contributed by atoms with E-state index >= 15 is 4.39 Å². The Bertz CT molecular complexity index is 1620. The summed E-state index contributed by atoms with van der Waals surface area (Å²) in [5, 5.41) is 6.22. The van der Waals surface area contributed by atoms with Gasteiger partial charge in [-0.3, -0.25) is 9.69 Å². The quantitative estimate of drug-likeness (QED) is 0.319. The molecule has 0 bridgehead atoms. The minimum Gasteiger partial charge on any atom is -0.453 e. The molecule has 3 saturated heterocycles. The van der Waals surface area contributed by atoms with Crippen LogP contribution in [-0.4, -0.2) is 108 Å². The molecule has 0 spiro atoms. The molecule has 2 saturated carbocycles. The number of rotatable bonds is 13. The van der Waals surface area contributed by atoms with Crippen LogP contribution in [0.1, 0.15) is 56.9 Å². The molecule has 2 amide bonds. The predicted octanol–water partition coefficient (Wildman–Crippen LogP) is 4.19. The lowest BCUT2D eigenvalue weighted by atomic mass is 9.58. The minimum absolute atomic E-state index is 0.00731. The zero-order valence-electron chi connectivity index (χ0n) is 29.2. The average molecular weight is 710 g/mol. The number of halogens is 1. The molecule has 272 valence electrons. The SMILES string of the molecule is COC(=O)N[C@H]1CCC[C@@H]1[C@](CNC(=O)CN1CCC1)(c1cccc(F)c1)C1CCN(CC2CN(c3ccc(S(=O)(=O)C4CC4)cc3)C2)CC1. The molecule has 50 heavy (non-hydrogen) atoms. The van der Waals surface area contributed by atoms with Gasteiger partial charge in [0.2, 0.25) is 5.91 Å². The molecule has 12 heteroatoms. The molecule has 5 aliphatic rings. The van der Waals surface area contributed by atoms with Crippen molar-refractivity contribution in [3.8, 4) is 0 Å². The molecular formula is C38H52FN5O5S. The normalized spacial score (nSPS) is 25.0. The zero-order valence-corrected chi connectivity index (χ0v) is 30.0. The molecule has 10 nitrogen and oxygen atoms in total. The summed E-state index contributed by atoms with van der Waals surface area (Å²) >= 11 is 0. The van der Waals surface area contributed by atoms with Gasteiger partial charge in [0.1, 0.15) is 5.82 Å². The van der Waals surface area contributed by atoms with E-state index in [0.29, 0.717) is 23.9 Å². The first-order valence-corrected chi connectivity index (χ1v) is 20.1. The van der Waals surface area contributed by atoms with E-state index in [1.807, 2.05) is 18.2 Å². The number of sulfone groups is 1. The highest BCUT2D eigenvalue weighted by atomic mass is 32.2. The molecule has 2 aromatic carbocycles. The topological polar surface area (TPSA) is 111 Å². The largest absolute Gasteiger partial charge is 0.453 e. The standard InChI is InChI=1S/C38H52FN5O5S/c1-49-37(46)41-35-8-3-7-34(35)38(29-5-2-6-30(39)21-29,26-40-36(45)25-42-17-4-18-42)28-15-19-43(20-16-28)22-27-23-44(24-27)31-9-11-32(12-10-31)50(47,48)33-13-14-33/h2,5-6,9-12,21,27-28,33-35H,3-4,7-8,13-20,22-26H2,1H3,(H,40,45)(H,41,46)/t34-,35-,38-/m0/s1. The number of anilines is 1. The first kappa shape index (κ1) is 35.2. The number of carbonyl (C=O) groups excluding carboxylic acids is 2. The van der Waals surface area contributed by atoms with E-state index in [1.54, 1.807) is 24.3 Å². The van der Waals surface area contributed by atoms with Gasteiger partial charge in [-0.05, 0) is 125 Å². The second-order valence-electron chi connectivity index (χ2n) is 15.3. The number of amides is 2. The Hall–Kier alpha value is -3.22. The van der Waals surface area contributed by atoms with Crippen molar-refractivity contribution < 1.29 is 27.1 Å². The lowest BCUT2D eigenvalue weighted by molar-refractivity contribution is -0.123. The first-order valence-electron chi connectivity index (χ1n) is 18.6. The number of likely N-dealkylation sites (tertiary alicyclic amines) is 2. The monoisotopic (exact) mass is 709 g/mol. The number of carbonyl (C=O) groups is 2. The molecule has 3 atom stereocenters. The minimum atomic E-state index is -3.18. The Morgan fingerprint density at radius 2 is 1.66 bits per heavy atom. The number of hydrogen-bond donors (Lipinski definition) is 2. The van der Waals surface area contributed by atoms with Gasteiger partial charge >= 0.3 is 6.09 Å². The fourth-order valence-electron chi connectivity index (χ4n) is 9.22. The van der Waals surface area contributed by atoms with E-state index in [1.165, 1.54) is 13.2 Å². The van der Waals surface area contributed by atoms with Crippen molar-refractivity contribution in [3.63, 3.8) is 0 Å². The third kappa shape index (κ3) is 7.39. The van der Waals surface area contributed by atoms with Crippen molar-refractivity contribution >= 4 is 27.5 Å². The molecule has 0 unspecified atom stereocenters. The number of nitrogens with one attached hydrogen (secondary N) is 2. The predicted molar refractivity (Wildman–Crippen MR) is 190 cm³/mol. The Balaban J connectivity index is 1.04. The van der Waals surface area contributed by atoms with Crippen LogP contribution >= 0.6 is 0 Å². The zero-order chi connectivity index (χ0) is 34.9. The van der Waals surface area contributed by atoms with Gasteiger partial charge in [-0.25, -0.2) is 17.6 Å². The number of piperidine rings is 1. The van der Waals surface area contributed by atoms with Crippen LogP contribution in [0.15, 0.2) is 53.4 Å². The number of alkyl carbamates (subject to hydrolysis) is 1. The van der Waals surface area contributed by atoms with Crippen LogP contribution in [0.2, 0.25) is 0 Å². The van der Waals surface area contributed by atoms with Crippen molar-refractivity contribution in [2.45, 2.75) is 73.0 Å². The summed E-state index contributed by atoms with van der Waals surface area (Å²) in [5.74, 6) is 0.416. The molecule has 3 heterocycles. The molecule has 0 aromatic heterocycles. The second kappa shape index (κ2) is 14.8. The summed E-state index contributed by atoms with van der Waals surface area (Å²) in [4.78, 5) is 33.2. The van der Waals surface area contributed by atoms with Gasteiger partial charge in [-0.1, -0.05) is 18.6 Å². The smallest absolute Gasteiger partial charge is 0.407 e. The molecule has 3 aliphatic heterocycles. The van der Waals surface area contributed by atoms with E-state index in [4.69, 9.17) is 4.74 Å². The van der Waals surface area contributed by atoms with E-state index < -0.39 is 21.3 Å². The summed E-state index contributed by atoms with van der Waals surface area (Å²) in [7, 11) is -1.80. The number of hydrogen-bond acceptors (Lipinski definition) is 8. The van der Waals surface area contributed by atoms with Crippen LogP contribution in [0.25, 0.3) is 0 Å². The first-order chi connectivity index (χ1) is 24.2. The average Bonchev–Trinajstić information content (AvgIpc) is 3.86. The van der Waals surface area contributed by atoms with Crippen molar-refractivity contribution in [1.29, 1.82) is 0 Å². The van der Waals surface area contributed by atoms with Gasteiger partial charge in [0.05, 0.1) is 23.8 Å². The molecule has 2 N–H and O–H groups in total. The maximum Gasteiger partial charge on any atom is 0.407 e. The lowest BCUT2D eigenvalue weighted by Crippen LogP contribution is -2.59. The molecule has 5 fully saturated rings. The highest BCUT2D eigenvalue weighted by molar-refractivity contribution is 7.92. The van der Waals surface area contributed by atoms with Crippen LogP contribution in [0, 0.1) is 23.6 Å². The third-order valence-electron chi connectivity index (χ3n) is 12.2. The van der Waals surface area contributed by atoms with E-state index in [2.05, 4.69) is 25.3 Å². The summed E-state index contributed by atoms with van der Waals surface area (Å²) in [6.45, 7) is 7.33. The number of nitrogens with zero attached hydrogens (tertiary/aromatic N) is 3. The van der Waals surface area contributed by atoms with Crippen molar-refractivity contribution in [2.24, 2.45) is 17.8 Å². The van der Waals surface area contributed by atoms with Crippen molar-refractivity contribution in [2.75, 3.05) is 70.9 Å². The van der Waals surface area contributed by atoms with Crippen LogP contribution in [0.5, 0.6) is 0 Å². The van der Waals surface area contributed by atoms with Gasteiger partial charge in [-0.2, -0.15) is 0 Å². The number of benzene rings is 2. The molecule has 2 aliphatic carbocycles. The highest BCUT2D eigenvalue weighted by Gasteiger charge is 2.52. The molecule has 2 aromatic rings. The van der Waals surface area contributed by atoms with Gasteiger partial charge < -0.3 is 25.2 Å². The van der Waals surface area contributed by atoms with Crippen LogP contribution in [-0.2, 0) is 24.8 Å². The van der Waals surface area contributed by atoms with Crippen LogP contribution in [0.4, 0.5) is 14.9 Å². The van der Waals surface area contributed by atoms with E-state index in [0.717, 1.165) is 108 Å². The van der Waals surface area contributed by atoms with E-state index in [9.17, 15) is 18.0 Å². The summed E-state index contributed by atoms with van der Waals surface area (Å²) in [6, 6.07) is 14.2. The summed E-state index contributed by atoms with van der Waals surface area (Å²) < 4.78 is 45.2. The van der Waals surface area contributed by atoms with Crippen molar-refractivity contribution in [3.05, 3.63) is 59.9 Å². The summed E-state index contributed by atoms with van der Waals surface area (Å²) in [6.07, 6.45) is 6.64. The summed E-state index contributed by atoms with van der Waals surface area (Å²) in [5.41, 5.74) is 1.40. The molecule has 7 rings (SSSR count). The van der Waals surface area contributed by atoms with Gasteiger partial charge in [0.25, 0.3) is 0 Å². The molecular weight excluding hydrogens is 658 g/mol. The Morgan fingerprint density at radius 1 is 0.920 bits per heavy atom. The van der Waals surface area contributed by atoms with Gasteiger partial charge in [0.15, 0.2) is 9.84 Å². The fraction of sp³-hybridized carbons (Fsp3) is 0.632. The van der Waals surface area contributed by atoms with Gasteiger partial charge in [-0.15, -0.1) is 0 Å². The Kier molecular flexibility index (Phi) is 10.4. The molecule has 0 radical (unpaired) electrons. The number of methoxy groups -OCH3 is 1. The Labute approximate surface area is 296 Å². The lowest BCUT2D eigenvalue weighted by Gasteiger charge is -2.51. The van der Waals surface area contributed by atoms with Crippen molar-refractivity contribution in [1.82, 2.24) is 20.4 Å².